The van der Waals surface area contributed by atoms with E-state index < -0.39 is 5.97 Å². The number of benzene rings is 1. The average Bonchev–Trinajstić information content (AvgIpc) is 3.03. The molecule has 7 heteroatoms. The number of rotatable bonds is 8. The second-order valence-electron chi connectivity index (χ2n) is 4.86. The Morgan fingerprint density at radius 2 is 2.13 bits per heavy atom. The van der Waals surface area contributed by atoms with Crippen LogP contribution in [0, 0.1) is 0 Å². The highest BCUT2D eigenvalue weighted by atomic mass is 79.9. The van der Waals surface area contributed by atoms with Crippen molar-refractivity contribution in [3.63, 3.8) is 0 Å². The maximum Gasteiger partial charge on any atom is 0.355 e. The molecular weight excluding hydrogens is 380 g/mol. The number of hydrogen-bond donors (Lipinski definition) is 1. The van der Waals surface area contributed by atoms with Gasteiger partial charge < -0.3 is 14.7 Å². The number of carboxylic acid groups (broad SMARTS) is 1. The molecule has 5 nitrogen and oxygen atoms in total. The molecule has 0 atom stereocenters. The number of carboxylic acids is 1. The van der Waals surface area contributed by atoms with Crippen molar-refractivity contribution in [3.05, 3.63) is 33.7 Å². The second-order valence-corrected chi connectivity index (χ2v) is 6.58. The fourth-order valence-corrected chi connectivity index (χ4v) is 3.36. The fraction of sp³-hybridized carbons (Fsp3) is 0.375. The number of ether oxygens (including phenoxy) is 1. The summed E-state index contributed by atoms with van der Waals surface area (Å²) in [6, 6.07) is 5.67. The number of halogens is 1. The zero-order valence-electron chi connectivity index (χ0n) is 13.1. The minimum Gasteiger partial charge on any atom is -0.491 e. The van der Waals surface area contributed by atoms with Gasteiger partial charge in [-0.1, -0.05) is 13.8 Å². The quantitative estimate of drug-likeness (QED) is 0.727. The molecule has 2 aromatic rings. The lowest BCUT2D eigenvalue weighted by Crippen LogP contribution is -2.27. The summed E-state index contributed by atoms with van der Waals surface area (Å²) < 4.78 is 6.64. The van der Waals surface area contributed by atoms with E-state index in [0.29, 0.717) is 11.6 Å². The number of hydrogen-bond acceptors (Lipinski definition) is 5. The van der Waals surface area contributed by atoms with Crippen molar-refractivity contribution in [3.8, 4) is 16.3 Å². The van der Waals surface area contributed by atoms with Crippen LogP contribution in [0.5, 0.6) is 5.75 Å². The number of carbonyl (C=O) groups is 1. The first-order valence-corrected chi connectivity index (χ1v) is 9.06. The Hall–Kier alpha value is -1.44. The highest BCUT2D eigenvalue weighted by Crippen LogP contribution is 2.32. The van der Waals surface area contributed by atoms with Crippen LogP contribution in [0.4, 0.5) is 0 Å². The maximum atomic E-state index is 10.9. The topological polar surface area (TPSA) is 62.7 Å². The predicted molar refractivity (Wildman–Crippen MR) is 95.5 cm³/mol. The smallest absolute Gasteiger partial charge is 0.355 e. The summed E-state index contributed by atoms with van der Waals surface area (Å²) in [5.74, 6) is -0.237. The molecule has 1 heterocycles. The van der Waals surface area contributed by atoms with Crippen LogP contribution < -0.4 is 4.74 Å². The van der Waals surface area contributed by atoms with Crippen molar-refractivity contribution >= 4 is 33.2 Å². The molecule has 1 aromatic carbocycles. The van der Waals surface area contributed by atoms with Gasteiger partial charge in [-0.15, -0.1) is 11.3 Å². The van der Waals surface area contributed by atoms with Crippen molar-refractivity contribution in [2.24, 2.45) is 0 Å². The van der Waals surface area contributed by atoms with Gasteiger partial charge in [0.05, 0.1) is 4.47 Å². The molecule has 0 radical (unpaired) electrons. The Balaban J connectivity index is 2.03. The third-order valence-electron chi connectivity index (χ3n) is 3.46. The molecule has 124 valence electrons. The molecule has 0 saturated heterocycles. The number of likely N-dealkylation sites (N-methyl/N-ethyl adjacent to an activating group) is 1. The summed E-state index contributed by atoms with van der Waals surface area (Å²) in [5.41, 5.74) is 0.936. The Morgan fingerprint density at radius 3 is 2.70 bits per heavy atom. The summed E-state index contributed by atoms with van der Waals surface area (Å²) in [4.78, 5) is 17.3. The highest BCUT2D eigenvalue weighted by molar-refractivity contribution is 9.10. The van der Waals surface area contributed by atoms with E-state index in [1.807, 2.05) is 18.2 Å². The van der Waals surface area contributed by atoms with Crippen LogP contribution in [0.3, 0.4) is 0 Å². The van der Waals surface area contributed by atoms with Crippen molar-refractivity contribution in [2.75, 3.05) is 26.2 Å². The Bertz CT molecular complexity index is 671. The van der Waals surface area contributed by atoms with Gasteiger partial charge in [-0.25, -0.2) is 9.78 Å². The first-order chi connectivity index (χ1) is 11.0. The Kier molecular flexibility index (Phi) is 6.56. The minimum atomic E-state index is -1.01. The molecule has 0 spiro atoms. The van der Waals surface area contributed by atoms with Gasteiger partial charge in [-0.05, 0) is 47.2 Å². The molecule has 0 fully saturated rings. The van der Waals surface area contributed by atoms with Gasteiger partial charge in [0.25, 0.3) is 0 Å². The molecule has 1 aromatic heterocycles. The molecule has 0 amide bonds. The van der Waals surface area contributed by atoms with E-state index >= 15 is 0 Å². The van der Waals surface area contributed by atoms with Gasteiger partial charge in [-0.2, -0.15) is 0 Å². The molecule has 23 heavy (non-hydrogen) atoms. The van der Waals surface area contributed by atoms with E-state index in [2.05, 4.69) is 39.7 Å². The van der Waals surface area contributed by atoms with Crippen LogP contribution >= 0.6 is 27.3 Å². The number of aromatic nitrogens is 1. The summed E-state index contributed by atoms with van der Waals surface area (Å²) in [5, 5.41) is 11.2. The normalized spacial score (nSPS) is 11.0. The van der Waals surface area contributed by atoms with Crippen molar-refractivity contribution in [1.82, 2.24) is 9.88 Å². The first kappa shape index (κ1) is 17.9. The molecule has 0 aliphatic heterocycles. The molecule has 2 rings (SSSR count). The van der Waals surface area contributed by atoms with E-state index in [0.717, 1.165) is 35.4 Å². The van der Waals surface area contributed by atoms with Crippen molar-refractivity contribution < 1.29 is 14.6 Å². The van der Waals surface area contributed by atoms with Crippen LogP contribution in [0.1, 0.15) is 24.3 Å². The molecule has 0 bridgehead atoms. The minimum absolute atomic E-state index is 0.0701. The fourth-order valence-electron chi connectivity index (χ4n) is 2.08. The highest BCUT2D eigenvalue weighted by Gasteiger charge is 2.12. The van der Waals surface area contributed by atoms with E-state index in [1.165, 1.54) is 11.3 Å². The number of nitrogens with zero attached hydrogens (tertiary/aromatic N) is 2. The van der Waals surface area contributed by atoms with Crippen molar-refractivity contribution in [2.45, 2.75) is 13.8 Å². The summed E-state index contributed by atoms with van der Waals surface area (Å²) >= 11 is 4.82. The molecule has 0 saturated carbocycles. The predicted octanol–water partition coefficient (Wildman–Crippen LogP) is 3.99. The molecule has 1 N–H and O–H groups in total. The van der Waals surface area contributed by atoms with E-state index in [9.17, 15) is 4.79 Å². The lowest BCUT2D eigenvalue weighted by Gasteiger charge is -2.18. The number of thiazole rings is 1. The summed E-state index contributed by atoms with van der Waals surface area (Å²) in [6.07, 6.45) is 0. The van der Waals surface area contributed by atoms with Crippen LogP contribution in [0.25, 0.3) is 10.6 Å². The maximum absolute atomic E-state index is 10.9. The van der Waals surface area contributed by atoms with Crippen LogP contribution in [-0.4, -0.2) is 47.2 Å². The zero-order valence-corrected chi connectivity index (χ0v) is 15.5. The van der Waals surface area contributed by atoms with Crippen LogP contribution in [0.15, 0.2) is 28.1 Å². The molecular formula is C16H19BrN2O3S. The van der Waals surface area contributed by atoms with Gasteiger partial charge in [-0.3, -0.25) is 0 Å². The summed E-state index contributed by atoms with van der Waals surface area (Å²) in [6.45, 7) is 7.79. The monoisotopic (exact) mass is 398 g/mol. The van der Waals surface area contributed by atoms with Crippen LogP contribution in [-0.2, 0) is 0 Å². The van der Waals surface area contributed by atoms with Gasteiger partial charge in [0.15, 0.2) is 5.69 Å². The lowest BCUT2D eigenvalue weighted by atomic mass is 10.2. The molecule has 0 unspecified atom stereocenters. The average molecular weight is 399 g/mol. The van der Waals surface area contributed by atoms with Crippen molar-refractivity contribution in [1.29, 1.82) is 0 Å². The largest absolute Gasteiger partial charge is 0.491 e. The van der Waals surface area contributed by atoms with E-state index in [1.54, 1.807) is 5.38 Å². The van der Waals surface area contributed by atoms with Crippen LogP contribution in [0.2, 0.25) is 0 Å². The first-order valence-electron chi connectivity index (χ1n) is 7.39. The van der Waals surface area contributed by atoms with E-state index in [-0.39, 0.29) is 5.69 Å². The molecule has 0 aliphatic carbocycles. The SMILES string of the molecule is CCN(CC)CCOc1ccc(-c2nc(C(=O)O)cs2)cc1Br. The molecule has 0 aliphatic rings. The lowest BCUT2D eigenvalue weighted by molar-refractivity contribution is 0.0691. The number of aromatic carboxylic acids is 1. The van der Waals surface area contributed by atoms with Gasteiger partial charge in [0, 0.05) is 17.5 Å². The Morgan fingerprint density at radius 1 is 1.39 bits per heavy atom. The third kappa shape index (κ3) is 4.76. The van der Waals surface area contributed by atoms with Gasteiger partial charge >= 0.3 is 5.97 Å². The van der Waals surface area contributed by atoms with E-state index in [4.69, 9.17) is 9.84 Å². The second kappa shape index (κ2) is 8.42. The zero-order chi connectivity index (χ0) is 16.8. The van der Waals surface area contributed by atoms with Gasteiger partial charge in [0.2, 0.25) is 0 Å². The van der Waals surface area contributed by atoms with Gasteiger partial charge in [0.1, 0.15) is 17.4 Å². The summed E-state index contributed by atoms with van der Waals surface area (Å²) in [7, 11) is 0. The third-order valence-corrected chi connectivity index (χ3v) is 4.97. The standard InChI is InChI=1S/C16H19BrN2O3S/c1-3-19(4-2)7-8-22-14-6-5-11(9-12(14)17)15-18-13(10-23-15)16(20)21/h5-6,9-10H,3-4,7-8H2,1-2H3,(H,20,21). The Labute approximate surface area is 148 Å².